The van der Waals surface area contributed by atoms with Gasteiger partial charge in [0.2, 0.25) is 0 Å². The van der Waals surface area contributed by atoms with Crippen molar-refractivity contribution in [2.45, 2.75) is 0 Å². The topological polar surface area (TPSA) is 90.2 Å². The van der Waals surface area contributed by atoms with Crippen LogP contribution in [0.25, 0.3) is 11.3 Å². The average Bonchev–Trinajstić information content (AvgIpc) is 3.04. The molecule has 2 aromatic heterocycles. The summed E-state index contributed by atoms with van der Waals surface area (Å²) in [4.78, 5) is 19.0. The molecule has 0 aliphatic heterocycles. The SMILES string of the molecule is COc1ccc([N+](=O)[O-])cc1Nc1nc(-c2cccnc2)cs1. The van der Waals surface area contributed by atoms with Crippen molar-refractivity contribution >= 4 is 27.8 Å². The Morgan fingerprint density at radius 1 is 1.35 bits per heavy atom. The second-order valence-electron chi connectivity index (χ2n) is 4.55. The number of non-ortho nitro benzene ring substituents is 1. The van der Waals surface area contributed by atoms with Crippen molar-refractivity contribution in [2.24, 2.45) is 0 Å². The molecule has 3 rings (SSSR count). The number of anilines is 2. The first kappa shape index (κ1) is 14.9. The number of hydrogen-bond acceptors (Lipinski definition) is 7. The zero-order valence-electron chi connectivity index (χ0n) is 12.1. The van der Waals surface area contributed by atoms with Crippen molar-refractivity contribution in [3.8, 4) is 17.0 Å². The fourth-order valence-corrected chi connectivity index (χ4v) is 2.73. The molecule has 23 heavy (non-hydrogen) atoms. The van der Waals surface area contributed by atoms with Gasteiger partial charge in [0, 0.05) is 35.5 Å². The molecule has 0 saturated carbocycles. The number of nitro groups is 1. The molecule has 0 unspecified atom stereocenters. The molecule has 0 saturated heterocycles. The fourth-order valence-electron chi connectivity index (χ4n) is 2.00. The molecule has 1 aromatic carbocycles. The van der Waals surface area contributed by atoms with Crippen LogP contribution in [0.3, 0.4) is 0 Å². The number of benzene rings is 1. The Bertz CT molecular complexity index is 836. The van der Waals surface area contributed by atoms with Gasteiger partial charge < -0.3 is 10.1 Å². The predicted molar refractivity (Wildman–Crippen MR) is 88.3 cm³/mol. The molecule has 7 nitrogen and oxygen atoms in total. The van der Waals surface area contributed by atoms with Crippen LogP contribution in [-0.4, -0.2) is 22.0 Å². The monoisotopic (exact) mass is 328 g/mol. The zero-order valence-corrected chi connectivity index (χ0v) is 12.9. The van der Waals surface area contributed by atoms with Gasteiger partial charge >= 0.3 is 0 Å². The summed E-state index contributed by atoms with van der Waals surface area (Å²) in [6, 6.07) is 8.12. The Kier molecular flexibility index (Phi) is 4.15. The molecule has 0 bridgehead atoms. The molecule has 0 atom stereocenters. The summed E-state index contributed by atoms with van der Waals surface area (Å²) < 4.78 is 5.23. The summed E-state index contributed by atoms with van der Waals surface area (Å²) in [5.74, 6) is 0.508. The number of ether oxygens (including phenoxy) is 1. The minimum Gasteiger partial charge on any atom is -0.495 e. The van der Waals surface area contributed by atoms with E-state index in [1.54, 1.807) is 18.5 Å². The second kappa shape index (κ2) is 6.41. The van der Waals surface area contributed by atoms with E-state index in [2.05, 4.69) is 15.3 Å². The van der Waals surface area contributed by atoms with Crippen LogP contribution in [0.4, 0.5) is 16.5 Å². The summed E-state index contributed by atoms with van der Waals surface area (Å²) in [5.41, 5.74) is 2.17. The highest BCUT2D eigenvalue weighted by Gasteiger charge is 2.13. The van der Waals surface area contributed by atoms with E-state index < -0.39 is 4.92 Å². The van der Waals surface area contributed by atoms with Gasteiger partial charge in [-0.3, -0.25) is 15.1 Å². The van der Waals surface area contributed by atoms with Gasteiger partial charge in [0.25, 0.3) is 5.69 Å². The minimum absolute atomic E-state index is 0.0164. The number of pyridine rings is 1. The number of rotatable bonds is 5. The van der Waals surface area contributed by atoms with E-state index in [-0.39, 0.29) is 5.69 Å². The quantitative estimate of drug-likeness (QED) is 0.565. The predicted octanol–water partition coefficient (Wildman–Crippen LogP) is 3.87. The molecule has 0 fully saturated rings. The third-order valence-electron chi connectivity index (χ3n) is 3.10. The van der Waals surface area contributed by atoms with Gasteiger partial charge in [0.1, 0.15) is 5.75 Å². The Morgan fingerprint density at radius 3 is 2.91 bits per heavy atom. The van der Waals surface area contributed by atoms with Gasteiger partial charge in [-0.05, 0) is 18.2 Å². The van der Waals surface area contributed by atoms with Crippen molar-refractivity contribution < 1.29 is 9.66 Å². The highest BCUT2D eigenvalue weighted by molar-refractivity contribution is 7.14. The summed E-state index contributed by atoms with van der Waals surface area (Å²) >= 11 is 1.40. The normalized spacial score (nSPS) is 10.3. The Morgan fingerprint density at radius 2 is 2.22 bits per heavy atom. The van der Waals surface area contributed by atoms with E-state index in [4.69, 9.17) is 4.74 Å². The first-order valence-corrected chi connectivity index (χ1v) is 7.50. The maximum absolute atomic E-state index is 10.9. The van der Waals surface area contributed by atoms with Crippen LogP contribution < -0.4 is 10.1 Å². The van der Waals surface area contributed by atoms with Crippen molar-refractivity contribution in [1.82, 2.24) is 9.97 Å². The summed E-state index contributed by atoms with van der Waals surface area (Å²) in [7, 11) is 1.51. The molecule has 8 heteroatoms. The van der Waals surface area contributed by atoms with E-state index in [0.717, 1.165) is 11.3 Å². The highest BCUT2D eigenvalue weighted by atomic mass is 32.1. The van der Waals surface area contributed by atoms with Crippen LogP contribution in [0.15, 0.2) is 48.1 Å². The van der Waals surface area contributed by atoms with Gasteiger partial charge in [-0.15, -0.1) is 11.3 Å². The van der Waals surface area contributed by atoms with Gasteiger partial charge in [0.15, 0.2) is 5.13 Å². The number of nitrogens with one attached hydrogen (secondary N) is 1. The molecule has 0 spiro atoms. The smallest absolute Gasteiger partial charge is 0.271 e. The highest BCUT2D eigenvalue weighted by Crippen LogP contribution is 2.33. The lowest BCUT2D eigenvalue weighted by atomic mass is 10.2. The molecular formula is C15H12N4O3S. The maximum atomic E-state index is 10.9. The third kappa shape index (κ3) is 3.27. The van der Waals surface area contributed by atoms with E-state index in [9.17, 15) is 10.1 Å². The van der Waals surface area contributed by atoms with Crippen molar-refractivity contribution in [2.75, 3.05) is 12.4 Å². The van der Waals surface area contributed by atoms with Crippen molar-refractivity contribution in [3.63, 3.8) is 0 Å². The standard InChI is InChI=1S/C15H12N4O3S/c1-22-14-5-4-11(19(20)21)7-12(14)17-15-18-13(9-23-15)10-3-2-6-16-8-10/h2-9H,1H3,(H,17,18). The number of nitro benzene ring substituents is 1. The Labute approximate surface area is 135 Å². The van der Waals surface area contributed by atoms with Crippen LogP contribution in [-0.2, 0) is 0 Å². The van der Waals surface area contributed by atoms with E-state index >= 15 is 0 Å². The number of methoxy groups -OCH3 is 1. The molecule has 0 radical (unpaired) electrons. The van der Waals surface area contributed by atoms with Gasteiger partial charge in [0.05, 0.1) is 23.4 Å². The molecule has 0 aliphatic carbocycles. The molecule has 3 aromatic rings. The first-order valence-electron chi connectivity index (χ1n) is 6.63. The molecule has 0 amide bonds. The Balaban J connectivity index is 1.89. The third-order valence-corrected chi connectivity index (χ3v) is 3.85. The van der Waals surface area contributed by atoms with Gasteiger partial charge in [-0.1, -0.05) is 0 Å². The molecule has 2 heterocycles. The number of thiazole rings is 1. The molecular weight excluding hydrogens is 316 g/mol. The zero-order chi connectivity index (χ0) is 16.2. The molecule has 1 N–H and O–H groups in total. The van der Waals surface area contributed by atoms with Gasteiger partial charge in [-0.2, -0.15) is 0 Å². The lowest BCUT2D eigenvalue weighted by Crippen LogP contribution is -1.96. The van der Waals surface area contributed by atoms with Crippen molar-refractivity contribution in [3.05, 3.63) is 58.2 Å². The fraction of sp³-hybridized carbons (Fsp3) is 0.0667. The largest absolute Gasteiger partial charge is 0.495 e. The van der Waals surface area contributed by atoms with Crippen LogP contribution in [0, 0.1) is 10.1 Å². The first-order chi connectivity index (χ1) is 11.2. The van der Waals surface area contributed by atoms with Crippen molar-refractivity contribution in [1.29, 1.82) is 0 Å². The van der Waals surface area contributed by atoms with Crippen LogP contribution >= 0.6 is 11.3 Å². The number of hydrogen-bond donors (Lipinski definition) is 1. The Hall–Kier alpha value is -3.00. The summed E-state index contributed by atoms with van der Waals surface area (Å²) in [5, 5.41) is 16.5. The van der Waals surface area contributed by atoms with Crippen LogP contribution in [0.1, 0.15) is 0 Å². The number of nitrogens with zero attached hydrogens (tertiary/aromatic N) is 3. The molecule has 116 valence electrons. The number of aromatic nitrogens is 2. The summed E-state index contributed by atoms with van der Waals surface area (Å²) in [6.07, 6.45) is 3.43. The van der Waals surface area contributed by atoms with E-state index in [1.165, 1.54) is 30.6 Å². The van der Waals surface area contributed by atoms with Gasteiger partial charge in [-0.25, -0.2) is 4.98 Å². The molecule has 0 aliphatic rings. The summed E-state index contributed by atoms with van der Waals surface area (Å²) in [6.45, 7) is 0. The van der Waals surface area contributed by atoms with Crippen LogP contribution in [0.5, 0.6) is 5.75 Å². The maximum Gasteiger partial charge on any atom is 0.271 e. The van der Waals surface area contributed by atoms with E-state index in [0.29, 0.717) is 16.6 Å². The minimum atomic E-state index is -0.451. The lowest BCUT2D eigenvalue weighted by Gasteiger charge is -2.08. The van der Waals surface area contributed by atoms with E-state index in [1.807, 2.05) is 17.5 Å². The second-order valence-corrected chi connectivity index (χ2v) is 5.40. The van der Waals surface area contributed by atoms with Crippen LogP contribution in [0.2, 0.25) is 0 Å². The lowest BCUT2D eigenvalue weighted by molar-refractivity contribution is -0.384. The average molecular weight is 328 g/mol.